The second-order valence-corrected chi connectivity index (χ2v) is 4.06. The highest BCUT2D eigenvalue weighted by atomic mass is 32.1. The van der Waals surface area contributed by atoms with Crippen LogP contribution in [0.5, 0.6) is 0 Å². The molecule has 1 rings (SSSR count). The first kappa shape index (κ1) is 14.8. The van der Waals surface area contributed by atoms with Crippen LogP contribution in [0.3, 0.4) is 0 Å². The fraction of sp³-hybridized carbons (Fsp3) is 0.727. The van der Waals surface area contributed by atoms with Gasteiger partial charge in [0, 0.05) is 20.3 Å². The minimum atomic E-state index is -0.840. The summed E-state index contributed by atoms with van der Waals surface area (Å²) < 4.78 is 15.5. The zero-order chi connectivity index (χ0) is 13.5. The Balaban J connectivity index is 2.54. The van der Waals surface area contributed by atoms with E-state index in [1.54, 1.807) is 0 Å². The molecule has 2 unspecified atom stereocenters. The molecule has 0 N–H and O–H groups in total. The number of thiocarbonyl (C=S) groups is 1. The van der Waals surface area contributed by atoms with Crippen molar-refractivity contribution >= 4 is 29.3 Å². The Morgan fingerprint density at radius 2 is 2.06 bits per heavy atom. The van der Waals surface area contributed by atoms with E-state index in [4.69, 9.17) is 14.2 Å². The van der Waals surface area contributed by atoms with Gasteiger partial charge in [-0.05, 0) is 18.6 Å². The third-order valence-corrected chi connectivity index (χ3v) is 2.48. The molecule has 6 nitrogen and oxygen atoms in total. The molecule has 0 aliphatic carbocycles. The number of aliphatic imine (C=N–C) groups is 1. The Morgan fingerprint density at radius 3 is 2.61 bits per heavy atom. The van der Waals surface area contributed by atoms with Crippen LogP contribution in [-0.2, 0) is 23.8 Å². The summed E-state index contributed by atoms with van der Waals surface area (Å²) in [4.78, 5) is 25.6. The summed E-state index contributed by atoms with van der Waals surface area (Å²) in [6.07, 6.45) is -0.490. The topological polar surface area (TPSA) is 74.2 Å². The lowest BCUT2D eigenvalue weighted by atomic mass is 10.1. The third-order valence-electron chi connectivity index (χ3n) is 2.35. The zero-order valence-corrected chi connectivity index (χ0v) is 11.1. The molecule has 100 valence electrons. The van der Waals surface area contributed by atoms with Crippen LogP contribution in [0.4, 0.5) is 0 Å². The monoisotopic (exact) mass is 273 g/mol. The quantitative estimate of drug-likeness (QED) is 0.424. The van der Waals surface area contributed by atoms with Gasteiger partial charge in [-0.1, -0.05) is 0 Å². The Labute approximate surface area is 110 Å². The van der Waals surface area contributed by atoms with Gasteiger partial charge in [0.2, 0.25) is 6.29 Å². The summed E-state index contributed by atoms with van der Waals surface area (Å²) in [6.45, 7) is 3.06. The van der Waals surface area contributed by atoms with Crippen LogP contribution < -0.4 is 0 Å². The van der Waals surface area contributed by atoms with Gasteiger partial charge in [0.15, 0.2) is 6.10 Å². The normalized spacial score (nSPS) is 26.2. The van der Waals surface area contributed by atoms with Gasteiger partial charge in [-0.15, -0.1) is 0 Å². The Morgan fingerprint density at radius 1 is 1.39 bits per heavy atom. The van der Waals surface area contributed by atoms with Crippen molar-refractivity contribution in [1.82, 2.24) is 0 Å². The summed E-state index contributed by atoms with van der Waals surface area (Å²) in [5.74, 6) is -0.909. The smallest absolute Gasteiger partial charge is 0.305 e. The fourth-order valence-electron chi connectivity index (χ4n) is 1.73. The number of ether oxygens (including phenoxy) is 3. The Kier molecular flexibility index (Phi) is 5.91. The molecule has 3 atom stereocenters. The third kappa shape index (κ3) is 4.91. The minimum Gasteiger partial charge on any atom is -0.456 e. The van der Waals surface area contributed by atoms with Crippen molar-refractivity contribution in [2.24, 2.45) is 4.99 Å². The fourth-order valence-corrected chi connectivity index (χ4v) is 1.82. The van der Waals surface area contributed by atoms with Crippen LogP contribution in [0.2, 0.25) is 0 Å². The van der Waals surface area contributed by atoms with Crippen molar-refractivity contribution in [3.05, 3.63) is 0 Å². The zero-order valence-electron chi connectivity index (χ0n) is 10.3. The van der Waals surface area contributed by atoms with E-state index < -0.39 is 24.3 Å². The van der Waals surface area contributed by atoms with Gasteiger partial charge in [-0.3, -0.25) is 9.59 Å². The number of hydrogen-bond donors (Lipinski definition) is 0. The molecule has 1 saturated heterocycles. The van der Waals surface area contributed by atoms with Crippen LogP contribution in [0.15, 0.2) is 4.99 Å². The molecule has 0 bridgehead atoms. The highest BCUT2D eigenvalue weighted by Gasteiger charge is 2.39. The number of rotatable bonds is 5. The van der Waals surface area contributed by atoms with E-state index >= 15 is 0 Å². The summed E-state index contributed by atoms with van der Waals surface area (Å²) >= 11 is 4.46. The molecule has 0 amide bonds. The second kappa shape index (κ2) is 7.20. The first-order valence-electron chi connectivity index (χ1n) is 5.56. The molecule has 1 heterocycles. The Hall–Kier alpha value is -1.30. The number of esters is 2. The molecule has 1 aliphatic heterocycles. The molecule has 0 spiro atoms. The first-order valence-corrected chi connectivity index (χ1v) is 5.97. The standard InChI is InChI=1S/C11H15NO5S/c1-7(13)15-10-5-9(3-4-12-6-18)17-11(10)16-8(2)14/h9-11H,3-5H2,1-2H3/t9?,10-,11?/m0/s1. The van der Waals surface area contributed by atoms with Crippen molar-refractivity contribution in [2.75, 3.05) is 6.54 Å². The minimum absolute atomic E-state index is 0.175. The van der Waals surface area contributed by atoms with Crippen LogP contribution in [0, 0.1) is 0 Å². The lowest BCUT2D eigenvalue weighted by Crippen LogP contribution is -2.30. The van der Waals surface area contributed by atoms with Gasteiger partial charge in [0.1, 0.15) is 0 Å². The van der Waals surface area contributed by atoms with Gasteiger partial charge in [-0.2, -0.15) is 0 Å². The number of carbonyl (C=O) groups excluding carboxylic acids is 2. The molecule has 0 aromatic carbocycles. The van der Waals surface area contributed by atoms with Gasteiger partial charge in [0.25, 0.3) is 0 Å². The van der Waals surface area contributed by atoms with Gasteiger partial charge in [0.05, 0.1) is 17.8 Å². The van der Waals surface area contributed by atoms with E-state index in [0.29, 0.717) is 19.4 Å². The first-order chi connectivity index (χ1) is 8.52. The van der Waals surface area contributed by atoms with Gasteiger partial charge >= 0.3 is 11.9 Å². The second-order valence-electron chi connectivity index (χ2n) is 3.88. The summed E-state index contributed by atoms with van der Waals surface area (Å²) in [7, 11) is 0. The van der Waals surface area contributed by atoms with E-state index in [1.165, 1.54) is 13.8 Å². The number of isothiocyanates is 1. The van der Waals surface area contributed by atoms with Crippen LogP contribution in [-0.4, -0.2) is 42.1 Å². The maximum Gasteiger partial charge on any atom is 0.305 e. The van der Waals surface area contributed by atoms with Gasteiger partial charge < -0.3 is 14.2 Å². The van der Waals surface area contributed by atoms with Crippen molar-refractivity contribution in [2.45, 2.75) is 45.2 Å². The molecule has 0 saturated carbocycles. The molecule has 0 radical (unpaired) electrons. The SMILES string of the molecule is CC(=O)OC1OC(CCN=C=S)C[C@@H]1OC(C)=O. The molecule has 1 aliphatic rings. The van der Waals surface area contributed by atoms with Crippen molar-refractivity contribution < 1.29 is 23.8 Å². The largest absolute Gasteiger partial charge is 0.456 e. The van der Waals surface area contributed by atoms with E-state index in [-0.39, 0.29) is 6.10 Å². The molecule has 7 heteroatoms. The molecular weight excluding hydrogens is 258 g/mol. The molecular formula is C11H15NO5S. The Bertz CT molecular complexity index is 342. The lowest BCUT2D eigenvalue weighted by Gasteiger charge is -2.17. The summed E-state index contributed by atoms with van der Waals surface area (Å²) in [5, 5.41) is 2.26. The number of carbonyl (C=O) groups is 2. The van der Waals surface area contributed by atoms with Crippen LogP contribution in [0.25, 0.3) is 0 Å². The maximum absolute atomic E-state index is 10.9. The number of nitrogens with zero attached hydrogens (tertiary/aromatic N) is 1. The summed E-state index contributed by atoms with van der Waals surface area (Å²) in [5.41, 5.74) is 0. The average molecular weight is 273 g/mol. The average Bonchev–Trinajstić information content (AvgIpc) is 2.59. The molecule has 0 aromatic rings. The highest BCUT2D eigenvalue weighted by Crippen LogP contribution is 2.26. The predicted molar refractivity (Wildman–Crippen MR) is 65.1 cm³/mol. The van der Waals surface area contributed by atoms with E-state index in [0.717, 1.165) is 0 Å². The van der Waals surface area contributed by atoms with Crippen molar-refractivity contribution in [3.8, 4) is 0 Å². The van der Waals surface area contributed by atoms with E-state index in [9.17, 15) is 9.59 Å². The lowest BCUT2D eigenvalue weighted by molar-refractivity contribution is -0.194. The van der Waals surface area contributed by atoms with E-state index in [1.807, 2.05) is 0 Å². The predicted octanol–water partition coefficient (Wildman–Crippen LogP) is 1.09. The summed E-state index contributed by atoms with van der Waals surface area (Å²) in [6, 6.07) is 0. The van der Waals surface area contributed by atoms with Crippen LogP contribution >= 0.6 is 12.2 Å². The number of hydrogen-bond acceptors (Lipinski definition) is 7. The molecule has 0 aromatic heterocycles. The molecule has 18 heavy (non-hydrogen) atoms. The van der Waals surface area contributed by atoms with Crippen molar-refractivity contribution in [1.29, 1.82) is 0 Å². The van der Waals surface area contributed by atoms with Crippen LogP contribution in [0.1, 0.15) is 26.7 Å². The maximum atomic E-state index is 10.9. The van der Waals surface area contributed by atoms with Crippen molar-refractivity contribution in [3.63, 3.8) is 0 Å². The highest BCUT2D eigenvalue weighted by molar-refractivity contribution is 7.78. The van der Waals surface area contributed by atoms with E-state index in [2.05, 4.69) is 22.4 Å². The van der Waals surface area contributed by atoms with Gasteiger partial charge in [-0.25, -0.2) is 4.99 Å². The molecule has 1 fully saturated rings.